The lowest BCUT2D eigenvalue weighted by atomic mass is 9.90. The maximum absolute atomic E-state index is 12.4. The van der Waals surface area contributed by atoms with Gasteiger partial charge in [-0.15, -0.1) is 0 Å². The van der Waals surface area contributed by atoms with Crippen molar-refractivity contribution in [2.75, 3.05) is 11.9 Å². The van der Waals surface area contributed by atoms with Crippen molar-refractivity contribution < 1.29 is 49.4 Å². The number of ether oxygens (including phenoxy) is 2. The number of carboxylic acids is 1. The number of aliphatic hydroxyl groups is 4. The quantitative estimate of drug-likeness (QED) is 0.225. The summed E-state index contributed by atoms with van der Waals surface area (Å²) in [6.07, 6.45) is -8.07. The molecule has 0 unspecified atom stereocenters. The summed E-state index contributed by atoms with van der Waals surface area (Å²) in [6, 6.07) is 4.23. The van der Waals surface area contributed by atoms with Crippen molar-refractivity contribution in [1.82, 2.24) is 5.32 Å². The van der Waals surface area contributed by atoms with Crippen molar-refractivity contribution in [2.45, 2.75) is 77.3 Å². The second kappa shape index (κ2) is 12.3. The Morgan fingerprint density at radius 1 is 1.03 bits per heavy atom. The van der Waals surface area contributed by atoms with E-state index in [1.807, 2.05) is 20.8 Å². The number of nitrogens with one attached hydrogen (secondary N) is 2. The molecule has 1 aromatic rings. The highest BCUT2D eigenvalue weighted by atomic mass is 16.7. The molecule has 0 radical (unpaired) electrons. The number of aliphatic hydroxyl groups excluding tert-OH is 4. The molecule has 0 saturated carbocycles. The lowest BCUT2D eigenvalue weighted by molar-refractivity contribution is -0.271. The number of hydrogen-bond acceptors (Lipinski definition) is 9. The van der Waals surface area contributed by atoms with Crippen LogP contribution in [-0.4, -0.2) is 80.6 Å². The predicted octanol–water partition coefficient (Wildman–Crippen LogP) is -0.279. The molecule has 196 valence electrons. The number of anilines is 1. The number of amides is 2. The van der Waals surface area contributed by atoms with Gasteiger partial charge in [-0.25, -0.2) is 4.79 Å². The van der Waals surface area contributed by atoms with Gasteiger partial charge in [-0.1, -0.05) is 26.8 Å². The zero-order chi connectivity index (χ0) is 26.3. The van der Waals surface area contributed by atoms with Gasteiger partial charge in [-0.3, -0.25) is 9.59 Å². The summed E-state index contributed by atoms with van der Waals surface area (Å²) in [6.45, 7) is 5.82. The third kappa shape index (κ3) is 8.44. The molecule has 12 nitrogen and oxygen atoms in total. The third-order valence-electron chi connectivity index (χ3n) is 5.33. The standard InChI is InChI=1S/C23H34N2O10/c1-23(2,3)8-6-15(27)24-9-7-16(28)25-13-10-12(11-26)4-5-14(13)34-22-19(31)17(29)18(30)20(35-22)21(32)33/h4-5,10,17-20,22,26,29-31H,6-9,11H2,1-3H3,(H,24,27)(H,25,28)(H,32,33)/t17-,18-,19+,20-,22+/m0/s1. The summed E-state index contributed by atoms with van der Waals surface area (Å²) in [5.41, 5.74) is 0.521. The Hall–Kier alpha value is -2.77. The minimum atomic E-state index is -1.88. The van der Waals surface area contributed by atoms with Crippen molar-refractivity contribution >= 4 is 23.5 Å². The van der Waals surface area contributed by atoms with E-state index in [1.54, 1.807) is 0 Å². The normalized spacial score (nSPS) is 24.5. The molecule has 0 bridgehead atoms. The Balaban J connectivity index is 2.04. The fourth-order valence-corrected chi connectivity index (χ4v) is 3.26. The largest absolute Gasteiger partial charge is 0.479 e. The molecule has 0 aromatic heterocycles. The summed E-state index contributed by atoms with van der Waals surface area (Å²) in [5, 5.41) is 53.8. The maximum atomic E-state index is 12.4. The highest BCUT2D eigenvalue weighted by molar-refractivity contribution is 5.92. The van der Waals surface area contributed by atoms with Crippen LogP contribution in [-0.2, 0) is 25.7 Å². The van der Waals surface area contributed by atoms with E-state index in [-0.39, 0.29) is 42.3 Å². The van der Waals surface area contributed by atoms with Crippen LogP contribution in [0.15, 0.2) is 18.2 Å². The molecule has 7 N–H and O–H groups in total. The van der Waals surface area contributed by atoms with E-state index in [0.29, 0.717) is 18.4 Å². The fraction of sp³-hybridized carbons (Fsp3) is 0.609. The summed E-state index contributed by atoms with van der Waals surface area (Å²) < 4.78 is 10.6. The molecular weight excluding hydrogens is 464 g/mol. The first kappa shape index (κ1) is 28.5. The van der Waals surface area contributed by atoms with Crippen LogP contribution < -0.4 is 15.4 Å². The first-order valence-corrected chi connectivity index (χ1v) is 11.2. The smallest absolute Gasteiger partial charge is 0.335 e. The summed E-state index contributed by atoms with van der Waals surface area (Å²) in [7, 11) is 0. The lowest BCUT2D eigenvalue weighted by Gasteiger charge is -2.38. The van der Waals surface area contributed by atoms with Gasteiger partial charge in [0.25, 0.3) is 0 Å². The Morgan fingerprint density at radius 2 is 1.71 bits per heavy atom. The molecule has 1 aliphatic rings. The lowest BCUT2D eigenvalue weighted by Crippen LogP contribution is -2.61. The molecule has 1 saturated heterocycles. The number of hydrogen-bond donors (Lipinski definition) is 7. The highest BCUT2D eigenvalue weighted by Crippen LogP contribution is 2.31. The van der Waals surface area contributed by atoms with Crippen LogP contribution in [0, 0.1) is 5.41 Å². The zero-order valence-electron chi connectivity index (χ0n) is 19.9. The molecule has 1 aliphatic heterocycles. The number of carbonyl (C=O) groups is 3. The second-order valence-corrected chi connectivity index (χ2v) is 9.55. The molecule has 35 heavy (non-hydrogen) atoms. The van der Waals surface area contributed by atoms with E-state index < -0.39 is 42.6 Å². The Labute approximate surface area is 202 Å². The Morgan fingerprint density at radius 3 is 2.31 bits per heavy atom. The Kier molecular flexibility index (Phi) is 9.98. The second-order valence-electron chi connectivity index (χ2n) is 9.55. The summed E-state index contributed by atoms with van der Waals surface area (Å²) >= 11 is 0. The van der Waals surface area contributed by atoms with Crippen LogP contribution in [0.25, 0.3) is 0 Å². The third-order valence-corrected chi connectivity index (χ3v) is 5.33. The number of benzene rings is 1. The predicted molar refractivity (Wildman–Crippen MR) is 122 cm³/mol. The van der Waals surface area contributed by atoms with E-state index >= 15 is 0 Å². The van der Waals surface area contributed by atoms with E-state index in [1.165, 1.54) is 18.2 Å². The van der Waals surface area contributed by atoms with Gasteiger partial charge in [0.2, 0.25) is 18.1 Å². The van der Waals surface area contributed by atoms with Crippen molar-refractivity contribution in [3.63, 3.8) is 0 Å². The van der Waals surface area contributed by atoms with Gasteiger partial charge in [-0.05, 0) is 29.5 Å². The molecular formula is C23H34N2O10. The van der Waals surface area contributed by atoms with Crippen LogP contribution in [0.2, 0.25) is 0 Å². The van der Waals surface area contributed by atoms with Gasteiger partial charge in [0.15, 0.2) is 6.10 Å². The van der Waals surface area contributed by atoms with Gasteiger partial charge in [-0.2, -0.15) is 0 Å². The van der Waals surface area contributed by atoms with Crippen LogP contribution in [0.1, 0.15) is 45.6 Å². The molecule has 2 amide bonds. The minimum absolute atomic E-state index is 0.0110. The monoisotopic (exact) mass is 498 g/mol. The van der Waals surface area contributed by atoms with Gasteiger partial charge in [0, 0.05) is 19.4 Å². The zero-order valence-corrected chi connectivity index (χ0v) is 19.9. The van der Waals surface area contributed by atoms with Gasteiger partial charge >= 0.3 is 5.97 Å². The van der Waals surface area contributed by atoms with Crippen molar-refractivity contribution in [2.24, 2.45) is 5.41 Å². The van der Waals surface area contributed by atoms with Gasteiger partial charge in [0.05, 0.1) is 12.3 Å². The van der Waals surface area contributed by atoms with Crippen molar-refractivity contribution in [3.05, 3.63) is 23.8 Å². The topological polar surface area (TPSA) is 195 Å². The average molecular weight is 499 g/mol. The van der Waals surface area contributed by atoms with E-state index in [4.69, 9.17) is 9.47 Å². The van der Waals surface area contributed by atoms with Crippen molar-refractivity contribution in [1.29, 1.82) is 0 Å². The van der Waals surface area contributed by atoms with Crippen LogP contribution in [0.4, 0.5) is 5.69 Å². The van der Waals surface area contributed by atoms with Crippen LogP contribution in [0.5, 0.6) is 5.75 Å². The number of carboxylic acid groups (broad SMARTS) is 1. The maximum Gasteiger partial charge on any atom is 0.335 e. The number of aliphatic carboxylic acids is 1. The van der Waals surface area contributed by atoms with Crippen LogP contribution >= 0.6 is 0 Å². The molecule has 0 spiro atoms. The molecule has 1 fully saturated rings. The first-order chi connectivity index (χ1) is 16.3. The summed E-state index contributed by atoms with van der Waals surface area (Å²) in [4.78, 5) is 35.7. The van der Waals surface area contributed by atoms with Crippen molar-refractivity contribution in [3.8, 4) is 5.75 Å². The minimum Gasteiger partial charge on any atom is -0.479 e. The summed E-state index contributed by atoms with van der Waals surface area (Å²) in [5.74, 6) is -2.26. The molecule has 5 atom stereocenters. The SMILES string of the molecule is CC(C)(C)CCC(=O)NCCC(=O)Nc1cc(CO)ccc1O[C@@H]1O[C@H](C(=O)O)[C@@H](O)[C@H](O)[C@H]1O. The Bertz CT molecular complexity index is 901. The van der Waals surface area contributed by atoms with E-state index in [9.17, 15) is 39.9 Å². The van der Waals surface area contributed by atoms with E-state index in [0.717, 1.165) is 0 Å². The molecule has 1 heterocycles. The average Bonchev–Trinajstić information content (AvgIpc) is 2.78. The number of carbonyl (C=O) groups excluding carboxylic acids is 2. The molecule has 2 rings (SSSR count). The molecule has 12 heteroatoms. The highest BCUT2D eigenvalue weighted by Gasteiger charge is 2.48. The van der Waals surface area contributed by atoms with Gasteiger partial charge < -0.3 is 45.6 Å². The van der Waals surface area contributed by atoms with E-state index in [2.05, 4.69) is 10.6 Å². The van der Waals surface area contributed by atoms with Gasteiger partial charge in [0.1, 0.15) is 24.1 Å². The number of rotatable bonds is 10. The fourth-order valence-electron chi connectivity index (χ4n) is 3.26. The molecule has 1 aromatic carbocycles. The van der Waals surface area contributed by atoms with Crippen LogP contribution in [0.3, 0.4) is 0 Å². The first-order valence-electron chi connectivity index (χ1n) is 11.2. The molecule has 0 aliphatic carbocycles.